The van der Waals surface area contributed by atoms with E-state index in [1.807, 2.05) is 42.6 Å². The lowest BCUT2D eigenvalue weighted by atomic mass is 9.89. The molecule has 5 heterocycles. The molecule has 2 N–H and O–H groups in total. The molecule has 0 unspecified atom stereocenters. The van der Waals surface area contributed by atoms with Crippen molar-refractivity contribution in [2.45, 2.75) is 45.1 Å². The highest BCUT2D eigenvalue weighted by molar-refractivity contribution is 6.52. The second kappa shape index (κ2) is 11.8. The fourth-order valence-corrected chi connectivity index (χ4v) is 6.15. The monoisotopic (exact) mass is 537 g/mol. The number of imidazole rings is 1. The van der Waals surface area contributed by atoms with Gasteiger partial charge in [-0.1, -0.05) is 18.2 Å². The third-order valence-electron chi connectivity index (χ3n) is 8.16. The summed E-state index contributed by atoms with van der Waals surface area (Å²) >= 11 is 0. The first kappa shape index (κ1) is 26.5. The molecule has 3 aromatic heterocycles. The Labute approximate surface area is 235 Å². The molecule has 4 aromatic rings. The number of fused-ring (bicyclic) bond motifs is 1. The van der Waals surface area contributed by atoms with Crippen molar-refractivity contribution in [3.63, 3.8) is 0 Å². The maximum absolute atomic E-state index is 13.5. The molecular weight excluding hydrogens is 501 g/mol. The molecule has 0 radical (unpaired) electrons. The number of anilines is 1. The summed E-state index contributed by atoms with van der Waals surface area (Å²) in [5.41, 5.74) is 4.15. The molecule has 6 rings (SSSR count). The summed E-state index contributed by atoms with van der Waals surface area (Å²) in [6.07, 6.45) is 7.18. The van der Waals surface area contributed by atoms with E-state index >= 15 is 0 Å². The van der Waals surface area contributed by atoms with Gasteiger partial charge in [-0.05, 0) is 87.6 Å². The normalized spacial score (nSPS) is 17.3. The lowest BCUT2D eigenvalue weighted by Crippen LogP contribution is -2.45. The van der Waals surface area contributed by atoms with Gasteiger partial charge in [0.2, 0.25) is 5.91 Å². The minimum absolute atomic E-state index is 0.0934. The number of carbonyl (C=O) groups is 1. The number of nitrogens with zero attached hydrogens (tertiary/aromatic N) is 6. The lowest BCUT2D eigenvalue weighted by Gasteiger charge is -2.38. The summed E-state index contributed by atoms with van der Waals surface area (Å²) in [4.78, 5) is 31.8. The molecule has 0 aliphatic carbocycles. The highest BCUT2D eigenvalue weighted by Crippen LogP contribution is 2.33. The molecular formula is C30H36BN7O2. The number of piperidine rings is 2. The van der Waals surface area contributed by atoms with Crippen LogP contribution in [0.3, 0.4) is 0 Å². The summed E-state index contributed by atoms with van der Waals surface area (Å²) in [5, 5.41) is 12.5. The van der Waals surface area contributed by atoms with Crippen molar-refractivity contribution < 1.29 is 9.82 Å². The van der Waals surface area contributed by atoms with Crippen LogP contribution < -0.4 is 5.23 Å². The number of para-hydroxylation sites is 2. The number of amides is 1. The van der Waals surface area contributed by atoms with Crippen molar-refractivity contribution in [1.82, 2.24) is 29.3 Å². The van der Waals surface area contributed by atoms with E-state index in [0.29, 0.717) is 11.7 Å². The molecule has 1 aromatic carbocycles. The Morgan fingerprint density at radius 1 is 0.975 bits per heavy atom. The Morgan fingerprint density at radius 3 is 2.50 bits per heavy atom. The number of likely N-dealkylation sites (tertiary alicyclic amines) is 2. The zero-order chi connectivity index (χ0) is 27.5. The molecule has 1 amide bonds. The van der Waals surface area contributed by atoms with Crippen LogP contribution in [0.4, 0.5) is 5.82 Å². The smallest absolute Gasteiger partial charge is 0.408 e. The maximum Gasteiger partial charge on any atom is 0.408 e. The van der Waals surface area contributed by atoms with Gasteiger partial charge in [-0.2, -0.15) is 0 Å². The number of benzene rings is 1. The zero-order valence-corrected chi connectivity index (χ0v) is 23.0. The summed E-state index contributed by atoms with van der Waals surface area (Å²) in [5.74, 6) is 1.99. The van der Waals surface area contributed by atoms with Crippen LogP contribution in [0.1, 0.15) is 37.3 Å². The van der Waals surface area contributed by atoms with E-state index in [2.05, 4.69) is 47.8 Å². The van der Waals surface area contributed by atoms with E-state index in [1.165, 1.54) is 0 Å². The van der Waals surface area contributed by atoms with E-state index < -0.39 is 7.05 Å². The lowest BCUT2D eigenvalue weighted by molar-refractivity contribution is -0.138. The molecule has 0 bridgehead atoms. The largest absolute Gasteiger partial charge is 0.433 e. The van der Waals surface area contributed by atoms with Gasteiger partial charge in [-0.3, -0.25) is 14.7 Å². The van der Waals surface area contributed by atoms with Gasteiger partial charge in [-0.25, -0.2) is 9.97 Å². The molecule has 206 valence electrons. The van der Waals surface area contributed by atoms with Crippen molar-refractivity contribution in [2.75, 3.05) is 31.4 Å². The summed E-state index contributed by atoms with van der Waals surface area (Å²) in [6, 6.07) is 18.5. The van der Waals surface area contributed by atoms with Crippen LogP contribution in [0.15, 0.2) is 67.0 Å². The number of hydrogen-bond acceptors (Lipinski definition) is 7. The van der Waals surface area contributed by atoms with E-state index in [-0.39, 0.29) is 12.0 Å². The van der Waals surface area contributed by atoms with Crippen molar-refractivity contribution in [1.29, 1.82) is 0 Å². The fraction of sp³-hybridized carbons (Fsp3) is 0.400. The molecule has 2 fully saturated rings. The van der Waals surface area contributed by atoms with Gasteiger partial charge >= 0.3 is 7.05 Å². The fourth-order valence-electron chi connectivity index (χ4n) is 6.15. The Bertz CT molecular complexity index is 1440. The molecule has 0 spiro atoms. The molecule has 0 saturated carbocycles. The average Bonchev–Trinajstić information content (AvgIpc) is 3.37. The highest BCUT2D eigenvalue weighted by atomic mass is 16.2. The molecule has 0 atom stereocenters. The molecule has 9 nitrogen and oxygen atoms in total. The Balaban J connectivity index is 1.06. The topological polar surface area (TPSA) is 99.4 Å². The van der Waals surface area contributed by atoms with Crippen LogP contribution >= 0.6 is 0 Å². The molecule has 2 aliphatic heterocycles. The number of carbonyl (C=O) groups excluding carboxylic acids is 1. The van der Waals surface area contributed by atoms with Crippen molar-refractivity contribution in [3.8, 4) is 11.5 Å². The quantitative estimate of drug-likeness (QED) is 0.343. The minimum Gasteiger partial charge on any atom is -0.433 e. The van der Waals surface area contributed by atoms with Crippen molar-refractivity contribution in [3.05, 3.63) is 72.6 Å². The van der Waals surface area contributed by atoms with Gasteiger partial charge in [0.15, 0.2) is 5.82 Å². The Morgan fingerprint density at radius 2 is 1.75 bits per heavy atom. The van der Waals surface area contributed by atoms with Crippen LogP contribution in [-0.2, 0) is 11.3 Å². The predicted molar refractivity (Wildman–Crippen MR) is 158 cm³/mol. The Kier molecular flexibility index (Phi) is 7.79. The first-order valence-corrected chi connectivity index (χ1v) is 14.3. The molecule has 2 saturated heterocycles. The zero-order valence-electron chi connectivity index (χ0n) is 23.0. The number of rotatable bonds is 7. The standard InChI is InChI=1S/C30H36BN7O2/c1-31(40)35-28-20-22(9-15-33-28)21-36-16-10-23(11-17-36)30(39)37-18-12-24(13-19-37)38-27-8-3-2-6-25(27)34-29(38)26-7-4-5-14-32-26/h2-9,14-15,20,23-24,40H,10-13,16-19,21H2,1H3,(H,33,35). The second-order valence-electron chi connectivity index (χ2n) is 11.0. The van der Waals surface area contributed by atoms with E-state index in [1.54, 1.807) is 13.0 Å². The Hall–Kier alpha value is -3.76. The van der Waals surface area contributed by atoms with E-state index in [0.717, 1.165) is 86.5 Å². The van der Waals surface area contributed by atoms with Crippen molar-refractivity contribution in [2.24, 2.45) is 5.92 Å². The summed E-state index contributed by atoms with van der Waals surface area (Å²) in [6.45, 7) is 5.85. The number of aromatic nitrogens is 4. The molecule has 40 heavy (non-hydrogen) atoms. The molecule has 2 aliphatic rings. The van der Waals surface area contributed by atoms with Crippen LogP contribution in [0.25, 0.3) is 22.6 Å². The first-order valence-electron chi connectivity index (χ1n) is 14.3. The highest BCUT2D eigenvalue weighted by Gasteiger charge is 2.32. The summed E-state index contributed by atoms with van der Waals surface area (Å²) < 4.78 is 2.35. The number of nitrogens with one attached hydrogen (secondary N) is 1. The van der Waals surface area contributed by atoms with Crippen LogP contribution in [-0.4, -0.2) is 73.5 Å². The predicted octanol–water partition coefficient (Wildman–Crippen LogP) is 4.09. The van der Waals surface area contributed by atoms with E-state index in [9.17, 15) is 9.82 Å². The third kappa shape index (κ3) is 5.73. The second-order valence-corrected chi connectivity index (χ2v) is 11.0. The third-order valence-corrected chi connectivity index (χ3v) is 8.16. The number of hydrogen-bond donors (Lipinski definition) is 2. The molecule has 10 heteroatoms. The first-order chi connectivity index (χ1) is 19.5. The SMILES string of the molecule is CB(O)Nc1cc(CN2CCC(C(=O)N3CCC(n4c(-c5ccccn5)nc5ccccc54)CC3)CC2)ccn1. The van der Waals surface area contributed by atoms with Crippen LogP contribution in [0, 0.1) is 5.92 Å². The van der Waals surface area contributed by atoms with Gasteiger partial charge in [0.05, 0.1) is 11.0 Å². The van der Waals surface area contributed by atoms with Gasteiger partial charge < -0.3 is 19.7 Å². The van der Waals surface area contributed by atoms with Gasteiger partial charge in [0.1, 0.15) is 11.5 Å². The average molecular weight is 537 g/mol. The van der Waals surface area contributed by atoms with Crippen molar-refractivity contribution >= 4 is 29.8 Å². The summed E-state index contributed by atoms with van der Waals surface area (Å²) in [7, 11) is -0.642. The van der Waals surface area contributed by atoms with Gasteiger partial charge in [0.25, 0.3) is 0 Å². The van der Waals surface area contributed by atoms with Crippen LogP contribution in [0.5, 0.6) is 0 Å². The maximum atomic E-state index is 13.5. The van der Waals surface area contributed by atoms with Gasteiger partial charge in [-0.15, -0.1) is 0 Å². The van der Waals surface area contributed by atoms with E-state index in [4.69, 9.17) is 4.98 Å². The van der Waals surface area contributed by atoms with Gasteiger partial charge in [0, 0.05) is 44.0 Å². The number of pyridine rings is 2. The van der Waals surface area contributed by atoms with Crippen LogP contribution in [0.2, 0.25) is 6.82 Å². The minimum atomic E-state index is -0.642.